The summed E-state index contributed by atoms with van der Waals surface area (Å²) in [7, 11) is 0. The third-order valence-corrected chi connectivity index (χ3v) is 8.99. The molecule has 0 aromatic rings. The van der Waals surface area contributed by atoms with Crippen LogP contribution in [-0.4, -0.2) is 27.6 Å². The van der Waals surface area contributed by atoms with Gasteiger partial charge >= 0.3 is 0 Å². The monoisotopic (exact) mass is 360 g/mol. The molecule has 4 aliphatic carbocycles. The highest BCUT2D eigenvalue weighted by Gasteiger charge is 2.66. The lowest BCUT2D eigenvalue weighted by Gasteiger charge is -2.62. The van der Waals surface area contributed by atoms with Crippen molar-refractivity contribution in [1.82, 2.24) is 0 Å². The molecule has 4 aliphatic rings. The summed E-state index contributed by atoms with van der Waals surface area (Å²) in [4.78, 5) is 24.3. The minimum absolute atomic E-state index is 0.0440. The average Bonchev–Trinajstić information content (AvgIpc) is 2.87. The van der Waals surface area contributed by atoms with E-state index >= 15 is 0 Å². The van der Waals surface area contributed by atoms with Gasteiger partial charge in [-0.15, -0.1) is 0 Å². The van der Waals surface area contributed by atoms with Crippen molar-refractivity contribution in [1.29, 1.82) is 0 Å². The number of carbonyl (C=O) groups excluding carboxylic acids is 2. The Hall–Kier alpha value is -1.00. The van der Waals surface area contributed by atoms with Gasteiger partial charge in [-0.05, 0) is 74.2 Å². The number of carbonyl (C=O) groups is 2. The van der Waals surface area contributed by atoms with Gasteiger partial charge in [0, 0.05) is 11.3 Å². The van der Waals surface area contributed by atoms with Crippen LogP contribution in [0.25, 0.3) is 0 Å². The Labute approximate surface area is 156 Å². The summed E-state index contributed by atoms with van der Waals surface area (Å²) in [5.74, 6) is -0.504. The summed E-state index contributed by atoms with van der Waals surface area (Å²) >= 11 is 0. The van der Waals surface area contributed by atoms with E-state index in [-0.39, 0.29) is 35.4 Å². The molecule has 0 aliphatic heterocycles. The normalized spacial score (nSPS) is 49.7. The van der Waals surface area contributed by atoms with Crippen molar-refractivity contribution in [3.8, 4) is 0 Å². The van der Waals surface area contributed by atoms with E-state index in [0.29, 0.717) is 17.6 Å². The SMILES string of the molecule is CC(=O)[C@@H]1CC[C@H]2[C@@H]3C[C@H](C)C4=CC(=O)CC(O)(O)[C@]4(C)[C@H]3CC[C@]12C. The van der Waals surface area contributed by atoms with Gasteiger partial charge in [-0.3, -0.25) is 9.59 Å². The van der Waals surface area contributed by atoms with Crippen molar-refractivity contribution in [3.05, 3.63) is 11.6 Å². The van der Waals surface area contributed by atoms with Crippen molar-refractivity contribution < 1.29 is 19.8 Å². The molecule has 4 nitrogen and oxygen atoms in total. The van der Waals surface area contributed by atoms with E-state index in [4.69, 9.17) is 0 Å². The lowest BCUT2D eigenvalue weighted by Crippen LogP contribution is -2.62. The minimum atomic E-state index is -1.97. The summed E-state index contributed by atoms with van der Waals surface area (Å²) in [6.07, 6.45) is 6.37. The fourth-order valence-electron chi connectivity index (χ4n) is 7.73. The standard InChI is InChI=1S/C22H32O4/c1-12-9-15-17-6-5-16(13(2)23)20(17,3)8-7-18(15)21(4)19(12)10-14(24)11-22(21,25)26/h10,12,15-18,25-26H,5-9,11H2,1-4H3/t12-,15-,16-,17-,18-,20+,21+/m0/s1. The minimum Gasteiger partial charge on any atom is -0.365 e. The van der Waals surface area contributed by atoms with E-state index in [0.717, 1.165) is 37.7 Å². The van der Waals surface area contributed by atoms with Gasteiger partial charge in [0.15, 0.2) is 11.6 Å². The van der Waals surface area contributed by atoms with E-state index in [9.17, 15) is 19.8 Å². The Balaban J connectivity index is 1.77. The molecule has 0 bridgehead atoms. The molecule has 3 saturated carbocycles. The molecule has 26 heavy (non-hydrogen) atoms. The zero-order valence-corrected chi connectivity index (χ0v) is 16.4. The first kappa shape index (κ1) is 18.4. The van der Waals surface area contributed by atoms with E-state index in [1.54, 1.807) is 13.0 Å². The quantitative estimate of drug-likeness (QED) is 0.704. The first-order chi connectivity index (χ1) is 12.0. The molecule has 3 fully saturated rings. The van der Waals surface area contributed by atoms with Gasteiger partial charge in [-0.2, -0.15) is 0 Å². The molecule has 0 radical (unpaired) electrons. The Kier molecular flexibility index (Phi) is 3.89. The van der Waals surface area contributed by atoms with Crippen LogP contribution in [0.1, 0.15) is 66.2 Å². The molecule has 2 N–H and O–H groups in total. The second-order valence-electron chi connectivity index (χ2n) is 10.1. The second kappa shape index (κ2) is 5.51. The largest absolute Gasteiger partial charge is 0.365 e. The highest BCUT2D eigenvalue weighted by Crippen LogP contribution is 2.68. The Morgan fingerprint density at radius 3 is 2.50 bits per heavy atom. The average molecular weight is 360 g/mol. The van der Waals surface area contributed by atoms with Gasteiger partial charge in [0.25, 0.3) is 0 Å². The predicted octanol–water partition coefficient (Wildman–Crippen LogP) is 3.26. The van der Waals surface area contributed by atoms with Crippen molar-refractivity contribution in [2.45, 2.75) is 72.0 Å². The first-order valence-electron chi connectivity index (χ1n) is 10.2. The van der Waals surface area contributed by atoms with Crippen LogP contribution in [0.2, 0.25) is 0 Å². The van der Waals surface area contributed by atoms with E-state index in [1.807, 2.05) is 6.92 Å². The van der Waals surface area contributed by atoms with Crippen molar-refractivity contribution in [2.24, 2.45) is 40.4 Å². The van der Waals surface area contributed by atoms with Crippen LogP contribution in [-0.2, 0) is 9.59 Å². The van der Waals surface area contributed by atoms with Crippen LogP contribution < -0.4 is 0 Å². The van der Waals surface area contributed by atoms with Gasteiger partial charge in [-0.25, -0.2) is 0 Å². The summed E-state index contributed by atoms with van der Waals surface area (Å²) in [6, 6.07) is 0. The first-order valence-corrected chi connectivity index (χ1v) is 10.2. The number of Topliss-reactive ketones (excluding diaryl/α,β-unsaturated/α-hetero) is 1. The van der Waals surface area contributed by atoms with E-state index in [1.165, 1.54) is 0 Å². The summed E-state index contributed by atoms with van der Waals surface area (Å²) < 4.78 is 0. The molecular formula is C22H32O4. The molecule has 144 valence electrons. The molecule has 0 amide bonds. The van der Waals surface area contributed by atoms with Crippen molar-refractivity contribution >= 4 is 11.6 Å². The van der Waals surface area contributed by atoms with Gasteiger partial charge in [0.05, 0.1) is 6.42 Å². The number of rotatable bonds is 1. The Morgan fingerprint density at radius 1 is 1.15 bits per heavy atom. The fourth-order valence-corrected chi connectivity index (χ4v) is 7.73. The van der Waals surface area contributed by atoms with Gasteiger partial charge < -0.3 is 10.2 Å². The molecular weight excluding hydrogens is 328 g/mol. The van der Waals surface area contributed by atoms with E-state index < -0.39 is 11.2 Å². The molecule has 0 saturated heterocycles. The Morgan fingerprint density at radius 2 is 1.85 bits per heavy atom. The predicted molar refractivity (Wildman–Crippen MR) is 98.0 cm³/mol. The summed E-state index contributed by atoms with van der Waals surface area (Å²) in [6.45, 7) is 8.12. The fraction of sp³-hybridized carbons (Fsp3) is 0.818. The maximum atomic E-state index is 12.2. The van der Waals surface area contributed by atoms with Crippen LogP contribution in [0.5, 0.6) is 0 Å². The number of fused-ring (bicyclic) bond motifs is 5. The third-order valence-electron chi connectivity index (χ3n) is 8.99. The lowest BCUT2D eigenvalue weighted by molar-refractivity contribution is -0.266. The van der Waals surface area contributed by atoms with Crippen LogP contribution in [0.4, 0.5) is 0 Å². The molecule has 0 spiro atoms. The van der Waals surface area contributed by atoms with Crippen LogP contribution in [0.15, 0.2) is 11.6 Å². The lowest BCUT2D eigenvalue weighted by atomic mass is 9.44. The maximum Gasteiger partial charge on any atom is 0.179 e. The number of ketones is 2. The molecule has 4 rings (SSSR count). The van der Waals surface area contributed by atoms with Crippen LogP contribution in [0.3, 0.4) is 0 Å². The topological polar surface area (TPSA) is 74.6 Å². The zero-order valence-electron chi connectivity index (χ0n) is 16.4. The molecule has 0 heterocycles. The second-order valence-corrected chi connectivity index (χ2v) is 10.1. The number of hydrogen-bond acceptors (Lipinski definition) is 4. The molecule has 7 atom stereocenters. The van der Waals surface area contributed by atoms with Crippen LogP contribution in [0, 0.1) is 40.4 Å². The number of hydrogen-bond donors (Lipinski definition) is 2. The molecule has 0 aromatic carbocycles. The third kappa shape index (κ3) is 2.15. The summed E-state index contributed by atoms with van der Waals surface area (Å²) in [5.41, 5.74) is 0.214. The maximum absolute atomic E-state index is 12.2. The molecule has 0 unspecified atom stereocenters. The van der Waals surface area contributed by atoms with Gasteiger partial charge in [0.2, 0.25) is 0 Å². The van der Waals surface area contributed by atoms with Crippen molar-refractivity contribution in [3.63, 3.8) is 0 Å². The highest BCUT2D eigenvalue weighted by molar-refractivity contribution is 5.92. The molecule has 4 heteroatoms. The number of aliphatic hydroxyl groups is 2. The molecule has 0 aromatic heterocycles. The van der Waals surface area contributed by atoms with E-state index in [2.05, 4.69) is 13.8 Å². The van der Waals surface area contributed by atoms with Crippen molar-refractivity contribution in [2.75, 3.05) is 0 Å². The summed E-state index contributed by atoms with van der Waals surface area (Å²) in [5, 5.41) is 21.9. The van der Waals surface area contributed by atoms with Gasteiger partial charge in [-0.1, -0.05) is 26.3 Å². The van der Waals surface area contributed by atoms with Crippen LogP contribution >= 0.6 is 0 Å². The smallest absolute Gasteiger partial charge is 0.179 e. The zero-order chi connectivity index (χ0) is 19.1. The highest BCUT2D eigenvalue weighted by atomic mass is 16.5. The van der Waals surface area contributed by atoms with Gasteiger partial charge in [0.1, 0.15) is 5.78 Å². The Bertz CT molecular complexity index is 692.